The third-order valence-corrected chi connectivity index (χ3v) is 1.99. The van der Waals surface area contributed by atoms with Crippen LogP contribution in [0.3, 0.4) is 0 Å². The van der Waals surface area contributed by atoms with Gasteiger partial charge in [0.15, 0.2) is 0 Å². The Balaban J connectivity index is 3.87. The fourth-order valence-electron chi connectivity index (χ4n) is 0.838. The Kier molecular flexibility index (Phi) is 4.70. The van der Waals surface area contributed by atoms with Crippen molar-refractivity contribution in [2.75, 3.05) is 6.54 Å². The van der Waals surface area contributed by atoms with Gasteiger partial charge >= 0.3 is 5.97 Å². The lowest BCUT2D eigenvalue weighted by Gasteiger charge is -2.22. The summed E-state index contributed by atoms with van der Waals surface area (Å²) in [6.45, 7) is 9.54. The zero-order chi connectivity index (χ0) is 10.5. The second-order valence-electron chi connectivity index (χ2n) is 4.00. The number of hydrogen-bond acceptors (Lipinski definition) is 2. The molecule has 0 aromatic carbocycles. The zero-order valence-corrected chi connectivity index (χ0v) is 8.63. The van der Waals surface area contributed by atoms with Gasteiger partial charge in [-0.15, -0.1) is 6.58 Å². The van der Waals surface area contributed by atoms with Crippen molar-refractivity contribution in [1.29, 1.82) is 0 Å². The van der Waals surface area contributed by atoms with E-state index in [1.807, 2.05) is 13.0 Å². The fourth-order valence-corrected chi connectivity index (χ4v) is 0.838. The third kappa shape index (κ3) is 4.68. The van der Waals surface area contributed by atoms with Crippen molar-refractivity contribution in [2.45, 2.75) is 33.2 Å². The summed E-state index contributed by atoms with van der Waals surface area (Å²) >= 11 is 0. The molecule has 0 rings (SSSR count). The van der Waals surface area contributed by atoms with Crippen molar-refractivity contribution in [3.05, 3.63) is 12.7 Å². The van der Waals surface area contributed by atoms with Gasteiger partial charge in [-0.3, -0.25) is 4.79 Å². The Bertz CT molecular complexity index is 187. The molecule has 0 spiro atoms. The number of carboxylic acid groups (broad SMARTS) is 1. The minimum Gasteiger partial charge on any atom is -0.481 e. The number of rotatable bonds is 6. The molecule has 0 saturated carbocycles. The lowest BCUT2D eigenvalue weighted by molar-refractivity contribution is -0.146. The summed E-state index contributed by atoms with van der Waals surface area (Å²) in [4.78, 5) is 10.7. The van der Waals surface area contributed by atoms with Crippen LogP contribution < -0.4 is 5.32 Å². The van der Waals surface area contributed by atoms with Crippen LogP contribution in [0.1, 0.15) is 27.2 Å². The molecule has 3 nitrogen and oxygen atoms in total. The predicted molar refractivity (Wildman–Crippen MR) is 53.7 cm³/mol. The van der Waals surface area contributed by atoms with Crippen molar-refractivity contribution in [3.8, 4) is 0 Å². The van der Waals surface area contributed by atoms with E-state index < -0.39 is 11.4 Å². The molecule has 0 aromatic heterocycles. The van der Waals surface area contributed by atoms with E-state index in [4.69, 9.17) is 5.11 Å². The smallest absolute Gasteiger partial charge is 0.310 e. The third-order valence-electron chi connectivity index (χ3n) is 1.99. The maximum atomic E-state index is 10.7. The monoisotopic (exact) mass is 185 g/mol. The molecule has 0 amide bonds. The van der Waals surface area contributed by atoms with Gasteiger partial charge in [0.2, 0.25) is 0 Å². The normalized spacial score (nSPS) is 13.8. The number of nitrogens with one attached hydrogen (secondary N) is 1. The molecule has 3 heteroatoms. The van der Waals surface area contributed by atoms with Gasteiger partial charge in [0, 0.05) is 12.6 Å². The summed E-state index contributed by atoms with van der Waals surface area (Å²) in [5, 5.41) is 12.0. The molecule has 0 bridgehead atoms. The summed E-state index contributed by atoms with van der Waals surface area (Å²) in [5.74, 6) is -0.772. The summed E-state index contributed by atoms with van der Waals surface area (Å²) in [5.41, 5.74) is -0.699. The molecule has 0 saturated heterocycles. The van der Waals surface area contributed by atoms with Crippen LogP contribution in [0.4, 0.5) is 0 Å². The highest BCUT2D eigenvalue weighted by atomic mass is 16.4. The highest BCUT2D eigenvalue weighted by molar-refractivity contribution is 5.73. The second kappa shape index (κ2) is 5.02. The fraction of sp³-hybridized carbons (Fsp3) is 0.700. The molecular weight excluding hydrogens is 166 g/mol. The average Bonchev–Trinajstić information content (AvgIpc) is 2.01. The number of aliphatic carboxylic acids is 1. The molecule has 0 heterocycles. The Morgan fingerprint density at radius 2 is 2.23 bits per heavy atom. The average molecular weight is 185 g/mol. The van der Waals surface area contributed by atoms with Gasteiger partial charge < -0.3 is 10.4 Å². The molecule has 1 atom stereocenters. The molecule has 0 aliphatic heterocycles. The minimum atomic E-state index is -0.772. The topological polar surface area (TPSA) is 49.3 Å². The molecular formula is C10H19NO2. The second-order valence-corrected chi connectivity index (χ2v) is 4.00. The number of carbonyl (C=O) groups is 1. The van der Waals surface area contributed by atoms with Crippen LogP contribution in [0.15, 0.2) is 12.7 Å². The Hall–Kier alpha value is -0.830. The first-order valence-electron chi connectivity index (χ1n) is 4.48. The Morgan fingerprint density at radius 1 is 1.69 bits per heavy atom. The van der Waals surface area contributed by atoms with E-state index in [2.05, 4.69) is 11.9 Å². The van der Waals surface area contributed by atoms with Gasteiger partial charge in [-0.1, -0.05) is 6.08 Å². The van der Waals surface area contributed by atoms with Gasteiger partial charge in [0.05, 0.1) is 5.41 Å². The van der Waals surface area contributed by atoms with Crippen LogP contribution in [0, 0.1) is 5.41 Å². The van der Waals surface area contributed by atoms with E-state index in [1.54, 1.807) is 13.8 Å². The lowest BCUT2D eigenvalue weighted by Crippen LogP contribution is -2.39. The van der Waals surface area contributed by atoms with Gasteiger partial charge in [-0.2, -0.15) is 0 Å². The van der Waals surface area contributed by atoms with Crippen LogP contribution in [-0.4, -0.2) is 23.7 Å². The maximum Gasteiger partial charge on any atom is 0.310 e. The highest BCUT2D eigenvalue weighted by Gasteiger charge is 2.26. The van der Waals surface area contributed by atoms with Crippen molar-refractivity contribution < 1.29 is 9.90 Å². The molecule has 2 N–H and O–H groups in total. The van der Waals surface area contributed by atoms with Crippen LogP contribution in [0.25, 0.3) is 0 Å². The van der Waals surface area contributed by atoms with Crippen LogP contribution in [0.2, 0.25) is 0 Å². The highest BCUT2D eigenvalue weighted by Crippen LogP contribution is 2.13. The van der Waals surface area contributed by atoms with Crippen molar-refractivity contribution in [3.63, 3.8) is 0 Å². The molecule has 76 valence electrons. The van der Waals surface area contributed by atoms with E-state index in [-0.39, 0.29) is 6.04 Å². The van der Waals surface area contributed by atoms with Crippen molar-refractivity contribution >= 4 is 5.97 Å². The van der Waals surface area contributed by atoms with Gasteiger partial charge in [0.1, 0.15) is 0 Å². The molecule has 0 aliphatic rings. The molecule has 13 heavy (non-hydrogen) atoms. The first-order valence-corrected chi connectivity index (χ1v) is 4.48. The van der Waals surface area contributed by atoms with E-state index in [0.29, 0.717) is 6.54 Å². The van der Waals surface area contributed by atoms with Crippen molar-refractivity contribution in [2.24, 2.45) is 5.41 Å². The van der Waals surface area contributed by atoms with Crippen LogP contribution in [-0.2, 0) is 4.79 Å². The van der Waals surface area contributed by atoms with Gasteiger partial charge in [-0.05, 0) is 27.2 Å². The van der Waals surface area contributed by atoms with E-state index in [9.17, 15) is 4.79 Å². The molecule has 0 aromatic rings. The molecule has 0 radical (unpaired) electrons. The standard InChI is InChI=1S/C10H19NO2/c1-5-6-8(2)11-7-10(3,4)9(12)13/h5,8,11H,1,6-7H2,2-4H3,(H,12,13). The maximum absolute atomic E-state index is 10.7. The Morgan fingerprint density at radius 3 is 2.62 bits per heavy atom. The van der Waals surface area contributed by atoms with E-state index >= 15 is 0 Å². The summed E-state index contributed by atoms with van der Waals surface area (Å²) in [6, 6.07) is 0.288. The van der Waals surface area contributed by atoms with Crippen molar-refractivity contribution in [1.82, 2.24) is 5.32 Å². The summed E-state index contributed by atoms with van der Waals surface area (Å²) in [7, 11) is 0. The van der Waals surface area contributed by atoms with Crippen LogP contribution in [0.5, 0.6) is 0 Å². The van der Waals surface area contributed by atoms with Gasteiger partial charge in [-0.25, -0.2) is 0 Å². The SMILES string of the molecule is C=CCC(C)NCC(C)(C)C(=O)O. The minimum absolute atomic E-state index is 0.288. The first kappa shape index (κ1) is 12.2. The lowest BCUT2D eigenvalue weighted by atomic mass is 9.93. The molecule has 0 aliphatic carbocycles. The molecule has 0 fully saturated rings. The summed E-state index contributed by atoms with van der Waals surface area (Å²) in [6.07, 6.45) is 2.68. The molecule has 1 unspecified atom stereocenters. The predicted octanol–water partition coefficient (Wildman–Crippen LogP) is 1.65. The Labute approximate surface area is 79.8 Å². The first-order chi connectivity index (χ1) is 5.90. The zero-order valence-electron chi connectivity index (χ0n) is 8.63. The van der Waals surface area contributed by atoms with E-state index in [0.717, 1.165) is 6.42 Å². The van der Waals surface area contributed by atoms with Crippen LogP contribution >= 0.6 is 0 Å². The summed E-state index contributed by atoms with van der Waals surface area (Å²) < 4.78 is 0. The number of hydrogen-bond donors (Lipinski definition) is 2. The largest absolute Gasteiger partial charge is 0.481 e. The van der Waals surface area contributed by atoms with Gasteiger partial charge in [0.25, 0.3) is 0 Å². The van der Waals surface area contributed by atoms with E-state index in [1.165, 1.54) is 0 Å². The quantitative estimate of drug-likeness (QED) is 0.619. The number of carboxylic acids is 1.